The molecule has 3 nitrogen and oxygen atoms in total. The number of hydrogen-bond acceptors (Lipinski definition) is 3. The topological polar surface area (TPSA) is 36.4 Å². The van der Waals surface area contributed by atoms with Crippen LogP contribution in [-0.2, 0) is 0 Å². The number of nitrogens with zero attached hydrogens (tertiary/aromatic N) is 2. The molecule has 3 heteroatoms. The molecule has 0 amide bonds. The van der Waals surface area contributed by atoms with Crippen LogP contribution < -0.4 is 4.90 Å². The second-order valence-corrected chi connectivity index (χ2v) is 4.04. The average Bonchev–Trinajstić information content (AvgIpc) is 2.22. The molecule has 1 N–H and O–H groups in total. The Balaban J connectivity index is 2.04. The zero-order chi connectivity index (χ0) is 10.5. The molecule has 1 aromatic heterocycles. The molecular formula is C12H18N2O. The Kier molecular flexibility index (Phi) is 3.56. The molecule has 0 spiro atoms. The highest BCUT2D eigenvalue weighted by Crippen LogP contribution is 2.28. The van der Waals surface area contributed by atoms with Gasteiger partial charge >= 0.3 is 0 Å². The van der Waals surface area contributed by atoms with E-state index in [-0.39, 0.29) is 6.61 Å². The Bertz CT molecular complexity index is 285. The Labute approximate surface area is 90.8 Å². The van der Waals surface area contributed by atoms with Crippen molar-refractivity contribution in [3.63, 3.8) is 0 Å². The van der Waals surface area contributed by atoms with E-state index in [1.807, 2.05) is 18.3 Å². The molecule has 0 aliphatic heterocycles. The maximum absolute atomic E-state index is 8.89. The van der Waals surface area contributed by atoms with Crippen molar-refractivity contribution in [2.75, 3.05) is 18.1 Å². The molecule has 1 aliphatic carbocycles. The SMILES string of the molecule is OCCCN(c1ccccn1)C1CCC1. The van der Waals surface area contributed by atoms with Gasteiger partial charge in [0.25, 0.3) is 0 Å². The van der Waals surface area contributed by atoms with Gasteiger partial charge in [-0.25, -0.2) is 4.98 Å². The fourth-order valence-corrected chi connectivity index (χ4v) is 1.95. The molecule has 2 rings (SSSR count). The van der Waals surface area contributed by atoms with Gasteiger partial charge in [-0.2, -0.15) is 0 Å². The van der Waals surface area contributed by atoms with Gasteiger partial charge in [-0.3, -0.25) is 0 Å². The molecule has 0 atom stereocenters. The Morgan fingerprint density at radius 2 is 2.27 bits per heavy atom. The van der Waals surface area contributed by atoms with Crippen molar-refractivity contribution in [2.45, 2.75) is 31.7 Å². The number of rotatable bonds is 5. The van der Waals surface area contributed by atoms with E-state index >= 15 is 0 Å². The molecule has 1 aromatic rings. The van der Waals surface area contributed by atoms with Crippen LogP contribution in [0.15, 0.2) is 24.4 Å². The molecule has 82 valence electrons. The quantitative estimate of drug-likeness (QED) is 0.798. The minimum Gasteiger partial charge on any atom is -0.396 e. The van der Waals surface area contributed by atoms with Crippen LogP contribution in [0, 0.1) is 0 Å². The van der Waals surface area contributed by atoms with Crippen LogP contribution in [0.2, 0.25) is 0 Å². The minimum absolute atomic E-state index is 0.260. The lowest BCUT2D eigenvalue weighted by Crippen LogP contribution is -2.41. The Morgan fingerprint density at radius 1 is 1.40 bits per heavy atom. The van der Waals surface area contributed by atoms with Crippen molar-refractivity contribution in [3.05, 3.63) is 24.4 Å². The van der Waals surface area contributed by atoms with Gasteiger partial charge in [-0.1, -0.05) is 6.07 Å². The summed E-state index contributed by atoms with van der Waals surface area (Å²) in [7, 11) is 0. The molecule has 0 bridgehead atoms. The van der Waals surface area contributed by atoms with Gasteiger partial charge in [-0.15, -0.1) is 0 Å². The molecule has 0 radical (unpaired) electrons. The van der Waals surface area contributed by atoms with E-state index in [0.29, 0.717) is 6.04 Å². The predicted octanol–water partition coefficient (Wildman–Crippen LogP) is 1.82. The third-order valence-electron chi connectivity index (χ3n) is 3.02. The summed E-state index contributed by atoms with van der Waals surface area (Å²) < 4.78 is 0. The summed E-state index contributed by atoms with van der Waals surface area (Å²) in [4.78, 5) is 6.71. The van der Waals surface area contributed by atoms with Crippen LogP contribution in [0.1, 0.15) is 25.7 Å². The number of hydrogen-bond donors (Lipinski definition) is 1. The van der Waals surface area contributed by atoms with Crippen molar-refractivity contribution in [1.29, 1.82) is 0 Å². The van der Waals surface area contributed by atoms with Crippen molar-refractivity contribution >= 4 is 5.82 Å². The highest BCUT2D eigenvalue weighted by molar-refractivity contribution is 5.39. The summed E-state index contributed by atoms with van der Waals surface area (Å²) in [5.74, 6) is 1.05. The molecule has 15 heavy (non-hydrogen) atoms. The van der Waals surface area contributed by atoms with E-state index in [0.717, 1.165) is 18.8 Å². The second kappa shape index (κ2) is 5.12. The zero-order valence-corrected chi connectivity index (χ0v) is 8.97. The van der Waals surface area contributed by atoms with Crippen LogP contribution in [0.25, 0.3) is 0 Å². The first-order chi connectivity index (χ1) is 7.42. The van der Waals surface area contributed by atoms with Gasteiger partial charge in [0.15, 0.2) is 0 Å². The van der Waals surface area contributed by atoms with Gasteiger partial charge in [0.05, 0.1) is 0 Å². The van der Waals surface area contributed by atoms with Crippen LogP contribution in [0.5, 0.6) is 0 Å². The van der Waals surface area contributed by atoms with Crippen molar-refractivity contribution < 1.29 is 5.11 Å². The van der Waals surface area contributed by atoms with Crippen LogP contribution >= 0.6 is 0 Å². The van der Waals surface area contributed by atoms with Crippen molar-refractivity contribution in [1.82, 2.24) is 4.98 Å². The van der Waals surface area contributed by atoms with Crippen LogP contribution in [0.4, 0.5) is 5.82 Å². The van der Waals surface area contributed by atoms with E-state index in [9.17, 15) is 0 Å². The monoisotopic (exact) mass is 206 g/mol. The summed E-state index contributed by atoms with van der Waals surface area (Å²) in [5.41, 5.74) is 0. The number of anilines is 1. The summed E-state index contributed by atoms with van der Waals surface area (Å²) in [6, 6.07) is 6.66. The number of aliphatic hydroxyl groups excluding tert-OH is 1. The zero-order valence-electron chi connectivity index (χ0n) is 8.97. The maximum Gasteiger partial charge on any atom is 0.128 e. The van der Waals surface area contributed by atoms with Gasteiger partial charge in [0, 0.05) is 25.4 Å². The molecular weight excluding hydrogens is 188 g/mol. The molecule has 0 aromatic carbocycles. The first-order valence-electron chi connectivity index (χ1n) is 5.70. The van der Waals surface area contributed by atoms with E-state index in [4.69, 9.17) is 5.11 Å². The first-order valence-corrected chi connectivity index (χ1v) is 5.70. The van der Waals surface area contributed by atoms with Crippen LogP contribution in [-0.4, -0.2) is 29.3 Å². The lowest BCUT2D eigenvalue weighted by atomic mass is 9.91. The Hall–Kier alpha value is -1.09. The second-order valence-electron chi connectivity index (χ2n) is 4.04. The fourth-order valence-electron chi connectivity index (χ4n) is 1.95. The summed E-state index contributed by atoms with van der Waals surface area (Å²) in [6.45, 7) is 1.17. The van der Waals surface area contributed by atoms with Gasteiger partial charge in [0.2, 0.25) is 0 Å². The minimum atomic E-state index is 0.260. The number of pyridine rings is 1. The third kappa shape index (κ3) is 2.48. The molecule has 0 unspecified atom stereocenters. The number of aliphatic hydroxyl groups is 1. The first kappa shape index (κ1) is 10.4. The lowest BCUT2D eigenvalue weighted by Gasteiger charge is -2.38. The van der Waals surface area contributed by atoms with E-state index < -0.39 is 0 Å². The molecule has 1 heterocycles. The van der Waals surface area contributed by atoms with Gasteiger partial charge in [0.1, 0.15) is 5.82 Å². The smallest absolute Gasteiger partial charge is 0.128 e. The molecule has 0 saturated heterocycles. The lowest BCUT2D eigenvalue weighted by molar-refractivity contribution is 0.282. The van der Waals surface area contributed by atoms with Crippen LogP contribution in [0.3, 0.4) is 0 Å². The average molecular weight is 206 g/mol. The van der Waals surface area contributed by atoms with Crippen molar-refractivity contribution in [2.24, 2.45) is 0 Å². The summed E-state index contributed by atoms with van der Waals surface area (Å²) >= 11 is 0. The third-order valence-corrected chi connectivity index (χ3v) is 3.02. The van der Waals surface area contributed by atoms with Gasteiger partial charge in [-0.05, 0) is 37.8 Å². The maximum atomic E-state index is 8.89. The highest BCUT2D eigenvalue weighted by Gasteiger charge is 2.25. The van der Waals surface area contributed by atoms with Gasteiger partial charge < -0.3 is 10.0 Å². The molecule has 1 aliphatic rings. The summed E-state index contributed by atoms with van der Waals surface area (Å²) in [6.07, 6.45) is 6.52. The number of aromatic nitrogens is 1. The Morgan fingerprint density at radius 3 is 2.80 bits per heavy atom. The fraction of sp³-hybridized carbons (Fsp3) is 0.583. The largest absolute Gasteiger partial charge is 0.396 e. The van der Waals surface area contributed by atoms with Crippen molar-refractivity contribution in [3.8, 4) is 0 Å². The summed E-state index contributed by atoms with van der Waals surface area (Å²) in [5, 5.41) is 8.89. The molecule has 1 saturated carbocycles. The predicted molar refractivity (Wildman–Crippen MR) is 60.9 cm³/mol. The molecule has 1 fully saturated rings. The highest BCUT2D eigenvalue weighted by atomic mass is 16.3. The van der Waals surface area contributed by atoms with E-state index in [1.165, 1.54) is 19.3 Å². The standard InChI is InChI=1S/C12H18N2O/c15-10-4-9-14(11-5-3-6-11)12-7-1-2-8-13-12/h1-2,7-8,11,15H,3-6,9-10H2. The van der Waals surface area contributed by atoms with E-state index in [1.54, 1.807) is 0 Å². The normalized spacial score (nSPS) is 16.1. The van der Waals surface area contributed by atoms with E-state index in [2.05, 4.69) is 16.0 Å².